The van der Waals surface area contributed by atoms with E-state index in [1.54, 1.807) is 12.1 Å². The fraction of sp³-hybridized carbons (Fsp3) is 0.357. The zero-order valence-corrected chi connectivity index (χ0v) is 10.9. The second-order valence-electron chi connectivity index (χ2n) is 4.30. The molecule has 96 valence electrons. The molecule has 0 saturated carbocycles. The summed E-state index contributed by atoms with van der Waals surface area (Å²) < 4.78 is 18.4. The molecule has 18 heavy (non-hydrogen) atoms. The minimum Gasteiger partial charge on any atom is -0.367 e. The van der Waals surface area contributed by atoms with Gasteiger partial charge in [-0.3, -0.25) is 0 Å². The lowest BCUT2D eigenvalue weighted by atomic mass is 10.1. The fourth-order valence-electron chi connectivity index (χ4n) is 1.98. The second-order valence-corrected chi connectivity index (χ2v) is 4.30. The van der Waals surface area contributed by atoms with Gasteiger partial charge in [0.1, 0.15) is 11.6 Å². The van der Waals surface area contributed by atoms with Crippen molar-refractivity contribution in [2.24, 2.45) is 0 Å². The van der Waals surface area contributed by atoms with E-state index in [1.165, 1.54) is 6.07 Å². The maximum atomic E-state index is 13.2. The first-order valence-electron chi connectivity index (χ1n) is 6.04. The highest BCUT2D eigenvalue weighted by molar-refractivity contribution is 5.47. The third kappa shape index (κ3) is 2.53. The summed E-state index contributed by atoms with van der Waals surface area (Å²) in [7, 11) is 0. The number of aryl methyl sites for hydroxylation is 2. The van der Waals surface area contributed by atoms with Gasteiger partial charge in [0, 0.05) is 24.3 Å². The average molecular weight is 248 g/mol. The van der Waals surface area contributed by atoms with Gasteiger partial charge in [0.2, 0.25) is 0 Å². The van der Waals surface area contributed by atoms with Crippen molar-refractivity contribution >= 4 is 5.69 Å². The number of benzene rings is 1. The third-order valence-electron chi connectivity index (χ3n) is 3.09. The Bertz CT molecular complexity index is 517. The normalized spacial score (nSPS) is 10.7. The molecule has 0 N–H and O–H groups in total. The molecule has 1 aromatic heterocycles. The topological polar surface area (TPSA) is 29.3 Å². The van der Waals surface area contributed by atoms with E-state index in [1.807, 2.05) is 26.8 Å². The molecule has 0 atom stereocenters. The summed E-state index contributed by atoms with van der Waals surface area (Å²) in [6.45, 7) is 7.34. The van der Waals surface area contributed by atoms with E-state index in [-0.39, 0.29) is 5.82 Å². The van der Waals surface area contributed by atoms with E-state index >= 15 is 0 Å². The number of aromatic nitrogens is 1. The lowest BCUT2D eigenvalue weighted by Gasteiger charge is -2.23. The van der Waals surface area contributed by atoms with E-state index in [0.717, 1.165) is 29.2 Å². The second kappa shape index (κ2) is 5.21. The van der Waals surface area contributed by atoms with E-state index in [2.05, 4.69) is 10.1 Å². The highest BCUT2D eigenvalue weighted by Gasteiger charge is 2.13. The van der Waals surface area contributed by atoms with E-state index in [9.17, 15) is 4.39 Å². The molecular weight excluding hydrogens is 231 g/mol. The molecule has 0 radical (unpaired) electrons. The molecule has 0 aliphatic carbocycles. The highest BCUT2D eigenvalue weighted by atomic mass is 19.1. The molecule has 0 fully saturated rings. The van der Waals surface area contributed by atoms with Gasteiger partial charge in [-0.15, -0.1) is 0 Å². The van der Waals surface area contributed by atoms with Gasteiger partial charge in [0.15, 0.2) is 0 Å². The van der Waals surface area contributed by atoms with Crippen molar-refractivity contribution < 1.29 is 8.91 Å². The van der Waals surface area contributed by atoms with Crippen LogP contribution in [0.4, 0.5) is 10.1 Å². The van der Waals surface area contributed by atoms with Crippen LogP contribution < -0.4 is 4.90 Å². The van der Waals surface area contributed by atoms with Crippen LogP contribution in [0.5, 0.6) is 0 Å². The molecule has 4 heteroatoms. The predicted molar refractivity (Wildman–Crippen MR) is 69.1 cm³/mol. The summed E-state index contributed by atoms with van der Waals surface area (Å²) in [6, 6.07) is 6.63. The van der Waals surface area contributed by atoms with Crippen molar-refractivity contribution in [3.8, 4) is 0 Å². The molecule has 0 spiro atoms. The molecular formula is C14H17FN2O. The Kier molecular flexibility index (Phi) is 3.65. The van der Waals surface area contributed by atoms with Crippen molar-refractivity contribution in [3.05, 3.63) is 47.1 Å². The summed E-state index contributed by atoms with van der Waals surface area (Å²) in [5.74, 6) is 0.604. The van der Waals surface area contributed by atoms with Crippen LogP contribution in [0.1, 0.15) is 23.9 Å². The molecule has 0 saturated heterocycles. The Balaban J connectivity index is 2.25. The maximum absolute atomic E-state index is 13.2. The SMILES string of the molecule is CCN(Cc1c(C)noc1C)c1cccc(F)c1. The number of hydrogen-bond acceptors (Lipinski definition) is 3. The zero-order valence-electron chi connectivity index (χ0n) is 10.9. The highest BCUT2D eigenvalue weighted by Crippen LogP contribution is 2.21. The third-order valence-corrected chi connectivity index (χ3v) is 3.09. The van der Waals surface area contributed by atoms with Gasteiger partial charge in [0.05, 0.1) is 5.69 Å². The van der Waals surface area contributed by atoms with Crippen LogP contribution in [0, 0.1) is 19.7 Å². The smallest absolute Gasteiger partial charge is 0.138 e. The first-order chi connectivity index (χ1) is 8.61. The predicted octanol–water partition coefficient (Wildman–Crippen LogP) is 3.46. The average Bonchev–Trinajstić information content (AvgIpc) is 2.66. The summed E-state index contributed by atoms with van der Waals surface area (Å²) >= 11 is 0. The standard InChI is InChI=1S/C14H17FN2O/c1-4-17(13-7-5-6-12(15)8-13)9-14-10(2)16-18-11(14)3/h5-8H,4,9H2,1-3H3. The van der Waals surface area contributed by atoms with Gasteiger partial charge < -0.3 is 9.42 Å². The summed E-state index contributed by atoms with van der Waals surface area (Å²) in [5, 5.41) is 3.94. The molecule has 0 aliphatic heterocycles. The summed E-state index contributed by atoms with van der Waals surface area (Å²) in [5.41, 5.74) is 2.83. The van der Waals surface area contributed by atoms with E-state index in [4.69, 9.17) is 4.52 Å². The van der Waals surface area contributed by atoms with E-state index < -0.39 is 0 Å². The van der Waals surface area contributed by atoms with E-state index in [0.29, 0.717) is 6.54 Å². The van der Waals surface area contributed by atoms with Gasteiger partial charge in [-0.25, -0.2) is 4.39 Å². The number of rotatable bonds is 4. The minimum absolute atomic E-state index is 0.218. The Labute approximate surface area is 106 Å². The Hall–Kier alpha value is -1.84. The van der Waals surface area contributed by atoms with Crippen LogP contribution in [0.15, 0.2) is 28.8 Å². The van der Waals surface area contributed by atoms with Crippen LogP contribution in [0.3, 0.4) is 0 Å². The Morgan fingerprint density at radius 1 is 1.33 bits per heavy atom. The van der Waals surface area contributed by atoms with Gasteiger partial charge in [0.25, 0.3) is 0 Å². The number of hydrogen-bond donors (Lipinski definition) is 0. The molecule has 0 amide bonds. The van der Waals surface area contributed by atoms with Crippen molar-refractivity contribution in [2.75, 3.05) is 11.4 Å². The molecule has 3 nitrogen and oxygen atoms in total. The Morgan fingerprint density at radius 3 is 2.67 bits per heavy atom. The molecule has 2 aromatic rings. The van der Waals surface area contributed by atoms with Crippen LogP contribution in [-0.4, -0.2) is 11.7 Å². The van der Waals surface area contributed by atoms with Crippen LogP contribution in [-0.2, 0) is 6.54 Å². The molecule has 0 unspecified atom stereocenters. The lowest BCUT2D eigenvalue weighted by molar-refractivity contribution is 0.392. The van der Waals surface area contributed by atoms with Gasteiger partial charge in [-0.05, 0) is 39.0 Å². The Morgan fingerprint density at radius 2 is 2.11 bits per heavy atom. The molecule has 2 rings (SSSR count). The summed E-state index contributed by atoms with van der Waals surface area (Å²) in [4.78, 5) is 2.09. The monoisotopic (exact) mass is 248 g/mol. The molecule has 1 aromatic carbocycles. The summed E-state index contributed by atoms with van der Waals surface area (Å²) in [6.07, 6.45) is 0. The fourth-order valence-corrected chi connectivity index (χ4v) is 1.98. The molecule has 0 bridgehead atoms. The quantitative estimate of drug-likeness (QED) is 0.829. The molecule has 1 heterocycles. The van der Waals surface area contributed by atoms with Crippen LogP contribution in [0.25, 0.3) is 0 Å². The van der Waals surface area contributed by atoms with Crippen molar-refractivity contribution in [2.45, 2.75) is 27.3 Å². The largest absolute Gasteiger partial charge is 0.367 e. The van der Waals surface area contributed by atoms with Crippen molar-refractivity contribution in [1.82, 2.24) is 5.16 Å². The first kappa shape index (κ1) is 12.6. The van der Waals surface area contributed by atoms with Gasteiger partial charge >= 0.3 is 0 Å². The number of nitrogens with zero attached hydrogens (tertiary/aromatic N) is 2. The van der Waals surface area contributed by atoms with Crippen LogP contribution in [0.2, 0.25) is 0 Å². The lowest BCUT2D eigenvalue weighted by Crippen LogP contribution is -2.22. The van der Waals surface area contributed by atoms with Crippen molar-refractivity contribution in [3.63, 3.8) is 0 Å². The maximum Gasteiger partial charge on any atom is 0.138 e. The van der Waals surface area contributed by atoms with Gasteiger partial charge in [-0.1, -0.05) is 11.2 Å². The first-order valence-corrected chi connectivity index (χ1v) is 6.04. The number of halogens is 1. The minimum atomic E-state index is -0.218. The van der Waals surface area contributed by atoms with Crippen LogP contribution >= 0.6 is 0 Å². The zero-order chi connectivity index (χ0) is 13.1. The van der Waals surface area contributed by atoms with Crippen molar-refractivity contribution in [1.29, 1.82) is 0 Å². The molecule has 0 aliphatic rings. The number of anilines is 1. The van der Waals surface area contributed by atoms with Gasteiger partial charge in [-0.2, -0.15) is 0 Å².